The minimum Gasteiger partial charge on any atom is -0.492 e. The van der Waals surface area contributed by atoms with E-state index in [9.17, 15) is 5.11 Å². The average molecular weight is 263 g/mol. The van der Waals surface area contributed by atoms with Crippen LogP contribution >= 0.6 is 0 Å². The van der Waals surface area contributed by atoms with Crippen molar-refractivity contribution in [1.29, 1.82) is 0 Å². The Labute approximate surface area is 113 Å². The smallest absolute Gasteiger partial charge is 0.123 e. The van der Waals surface area contributed by atoms with Crippen molar-refractivity contribution in [3.05, 3.63) is 29.3 Å². The predicted octanol–water partition coefficient (Wildman–Crippen LogP) is 1.55. The van der Waals surface area contributed by atoms with Gasteiger partial charge in [0.1, 0.15) is 12.4 Å². The maximum atomic E-state index is 9.25. The summed E-state index contributed by atoms with van der Waals surface area (Å²) in [6.45, 7) is 4.36. The molecule has 0 aliphatic carbocycles. The van der Waals surface area contributed by atoms with E-state index in [2.05, 4.69) is 11.0 Å². The lowest BCUT2D eigenvalue weighted by Gasteiger charge is -2.32. The second-order valence-electron chi connectivity index (χ2n) is 5.29. The van der Waals surface area contributed by atoms with Gasteiger partial charge in [-0.25, -0.2) is 0 Å². The first-order valence-corrected chi connectivity index (χ1v) is 7.04. The van der Waals surface area contributed by atoms with Crippen molar-refractivity contribution in [2.75, 3.05) is 26.4 Å². The van der Waals surface area contributed by atoms with Gasteiger partial charge in [0, 0.05) is 31.3 Å². The summed E-state index contributed by atoms with van der Waals surface area (Å²) < 4.78 is 11.4. The molecule has 1 aromatic rings. The molecule has 1 saturated heterocycles. The molecule has 4 heteroatoms. The Morgan fingerprint density at radius 2 is 2.26 bits per heavy atom. The normalized spacial score (nSPS) is 24.4. The molecule has 0 spiro atoms. The summed E-state index contributed by atoms with van der Waals surface area (Å²) in [7, 11) is 0. The first-order chi connectivity index (χ1) is 9.36. The minimum absolute atomic E-state index is 0.0832. The zero-order valence-corrected chi connectivity index (χ0v) is 11.2. The third-order valence-electron chi connectivity index (χ3n) is 3.97. The first kappa shape index (κ1) is 12.9. The predicted molar refractivity (Wildman–Crippen MR) is 72.1 cm³/mol. The summed E-state index contributed by atoms with van der Waals surface area (Å²) in [5.74, 6) is 0.955. The van der Waals surface area contributed by atoms with Gasteiger partial charge in [0.25, 0.3) is 0 Å². The third kappa shape index (κ3) is 2.91. The van der Waals surface area contributed by atoms with Gasteiger partial charge in [0.05, 0.1) is 13.2 Å². The van der Waals surface area contributed by atoms with Crippen LogP contribution in [0.25, 0.3) is 0 Å². The van der Waals surface area contributed by atoms with E-state index in [1.54, 1.807) is 0 Å². The SMILES string of the molecule is OCc1ccc2c(c1)CN([C@@H]1CCCOC1)CCO2. The van der Waals surface area contributed by atoms with Gasteiger partial charge < -0.3 is 14.6 Å². The molecular weight excluding hydrogens is 242 g/mol. The number of hydrogen-bond donors (Lipinski definition) is 1. The Bertz CT molecular complexity index is 429. The summed E-state index contributed by atoms with van der Waals surface area (Å²) in [4.78, 5) is 2.45. The van der Waals surface area contributed by atoms with Crippen molar-refractivity contribution in [3.8, 4) is 5.75 Å². The Morgan fingerprint density at radius 3 is 3.05 bits per heavy atom. The highest BCUT2D eigenvalue weighted by Crippen LogP contribution is 2.26. The number of aliphatic hydroxyl groups is 1. The highest BCUT2D eigenvalue weighted by molar-refractivity contribution is 5.37. The lowest BCUT2D eigenvalue weighted by atomic mass is 10.1. The maximum Gasteiger partial charge on any atom is 0.123 e. The van der Waals surface area contributed by atoms with E-state index in [1.165, 1.54) is 12.0 Å². The molecule has 0 saturated carbocycles. The molecule has 1 atom stereocenters. The molecule has 0 aromatic heterocycles. The molecule has 0 bridgehead atoms. The molecule has 1 aromatic carbocycles. The summed E-state index contributed by atoms with van der Waals surface area (Å²) in [5.41, 5.74) is 2.12. The average Bonchev–Trinajstić information content (AvgIpc) is 2.69. The van der Waals surface area contributed by atoms with E-state index in [-0.39, 0.29) is 6.61 Å². The Morgan fingerprint density at radius 1 is 1.32 bits per heavy atom. The van der Waals surface area contributed by atoms with Gasteiger partial charge in [-0.05, 0) is 30.5 Å². The van der Waals surface area contributed by atoms with Gasteiger partial charge in [-0.15, -0.1) is 0 Å². The van der Waals surface area contributed by atoms with Crippen LogP contribution in [0, 0.1) is 0 Å². The van der Waals surface area contributed by atoms with E-state index < -0.39 is 0 Å². The van der Waals surface area contributed by atoms with Gasteiger partial charge >= 0.3 is 0 Å². The van der Waals surface area contributed by atoms with Gasteiger partial charge in [0.15, 0.2) is 0 Å². The topological polar surface area (TPSA) is 41.9 Å². The second kappa shape index (κ2) is 5.90. The third-order valence-corrected chi connectivity index (χ3v) is 3.97. The van der Waals surface area contributed by atoms with Crippen molar-refractivity contribution in [1.82, 2.24) is 4.90 Å². The van der Waals surface area contributed by atoms with Crippen LogP contribution in [0.2, 0.25) is 0 Å². The fourth-order valence-corrected chi connectivity index (χ4v) is 2.89. The Balaban J connectivity index is 1.78. The number of nitrogens with zero attached hydrogens (tertiary/aromatic N) is 1. The number of hydrogen-bond acceptors (Lipinski definition) is 4. The number of ether oxygens (including phenoxy) is 2. The zero-order chi connectivity index (χ0) is 13.1. The molecule has 104 valence electrons. The molecule has 2 aliphatic heterocycles. The monoisotopic (exact) mass is 263 g/mol. The summed E-state index contributed by atoms with van der Waals surface area (Å²) in [6, 6.07) is 6.46. The number of rotatable bonds is 2. The number of aliphatic hydroxyl groups excluding tert-OH is 1. The van der Waals surface area contributed by atoms with E-state index in [0.29, 0.717) is 6.04 Å². The van der Waals surface area contributed by atoms with E-state index in [0.717, 1.165) is 50.6 Å². The first-order valence-electron chi connectivity index (χ1n) is 7.04. The van der Waals surface area contributed by atoms with Crippen molar-refractivity contribution in [3.63, 3.8) is 0 Å². The van der Waals surface area contributed by atoms with Gasteiger partial charge in [-0.3, -0.25) is 4.90 Å². The quantitative estimate of drug-likeness (QED) is 0.879. The molecule has 1 fully saturated rings. The maximum absolute atomic E-state index is 9.25. The standard InChI is InChI=1S/C15H21NO3/c17-10-12-3-4-15-13(8-12)9-16(5-7-19-15)14-2-1-6-18-11-14/h3-4,8,14,17H,1-2,5-7,9-11H2/t14-/m1/s1. The molecule has 4 nitrogen and oxygen atoms in total. The molecule has 2 aliphatic rings. The largest absolute Gasteiger partial charge is 0.492 e. The molecule has 2 heterocycles. The second-order valence-corrected chi connectivity index (χ2v) is 5.29. The Kier molecular flexibility index (Phi) is 4.01. The molecular formula is C15H21NO3. The van der Waals surface area contributed by atoms with Crippen LogP contribution in [0.15, 0.2) is 18.2 Å². The zero-order valence-electron chi connectivity index (χ0n) is 11.2. The lowest BCUT2D eigenvalue weighted by Crippen LogP contribution is -2.41. The minimum atomic E-state index is 0.0832. The molecule has 1 N–H and O–H groups in total. The van der Waals surface area contributed by atoms with Crippen LogP contribution in [-0.4, -0.2) is 42.4 Å². The van der Waals surface area contributed by atoms with Crippen molar-refractivity contribution in [2.24, 2.45) is 0 Å². The van der Waals surface area contributed by atoms with Crippen LogP contribution in [0.5, 0.6) is 5.75 Å². The van der Waals surface area contributed by atoms with Crippen LogP contribution in [0.3, 0.4) is 0 Å². The Hall–Kier alpha value is -1.10. The molecule has 0 unspecified atom stereocenters. The number of fused-ring (bicyclic) bond motifs is 1. The number of benzene rings is 1. The van der Waals surface area contributed by atoms with E-state index in [1.807, 2.05) is 12.1 Å². The van der Waals surface area contributed by atoms with Crippen LogP contribution in [0.1, 0.15) is 24.0 Å². The van der Waals surface area contributed by atoms with Gasteiger partial charge in [0.2, 0.25) is 0 Å². The summed E-state index contributed by atoms with van der Waals surface area (Å²) in [5, 5.41) is 9.25. The molecule has 3 rings (SSSR count). The lowest BCUT2D eigenvalue weighted by molar-refractivity contribution is 0.0131. The van der Waals surface area contributed by atoms with Crippen molar-refractivity contribution in [2.45, 2.75) is 32.0 Å². The summed E-state index contributed by atoms with van der Waals surface area (Å²) in [6.07, 6.45) is 2.35. The van der Waals surface area contributed by atoms with Gasteiger partial charge in [-0.2, -0.15) is 0 Å². The molecule has 0 amide bonds. The highest BCUT2D eigenvalue weighted by Gasteiger charge is 2.24. The van der Waals surface area contributed by atoms with Crippen LogP contribution in [-0.2, 0) is 17.9 Å². The molecule has 0 radical (unpaired) electrons. The molecule has 19 heavy (non-hydrogen) atoms. The van der Waals surface area contributed by atoms with Crippen LogP contribution in [0.4, 0.5) is 0 Å². The van der Waals surface area contributed by atoms with E-state index in [4.69, 9.17) is 9.47 Å². The van der Waals surface area contributed by atoms with E-state index >= 15 is 0 Å². The van der Waals surface area contributed by atoms with Gasteiger partial charge in [-0.1, -0.05) is 6.07 Å². The van der Waals surface area contributed by atoms with Crippen molar-refractivity contribution >= 4 is 0 Å². The highest BCUT2D eigenvalue weighted by atomic mass is 16.5. The van der Waals surface area contributed by atoms with Crippen LogP contribution < -0.4 is 4.74 Å². The fourth-order valence-electron chi connectivity index (χ4n) is 2.89. The summed E-state index contributed by atoms with van der Waals surface area (Å²) >= 11 is 0. The fraction of sp³-hybridized carbons (Fsp3) is 0.600. The van der Waals surface area contributed by atoms with Crippen molar-refractivity contribution < 1.29 is 14.6 Å².